The highest BCUT2D eigenvalue weighted by molar-refractivity contribution is 5.94. The molecule has 2 rings (SSSR count). The van der Waals surface area contributed by atoms with Crippen molar-refractivity contribution in [1.82, 2.24) is 0 Å². The van der Waals surface area contributed by atoms with Gasteiger partial charge in [-0.3, -0.25) is 4.79 Å². The molecule has 0 spiro atoms. The summed E-state index contributed by atoms with van der Waals surface area (Å²) >= 11 is 0. The molecule has 0 fully saturated rings. The molecule has 0 aliphatic rings. The van der Waals surface area contributed by atoms with Crippen molar-refractivity contribution < 1.29 is 18.7 Å². The minimum absolute atomic E-state index is 0.0581. The molecule has 27 heavy (non-hydrogen) atoms. The molecule has 6 heteroatoms. The molecule has 0 aliphatic carbocycles. The van der Waals surface area contributed by atoms with Crippen LogP contribution in [0.25, 0.3) is 0 Å². The molecule has 0 saturated heterocycles. The van der Waals surface area contributed by atoms with Gasteiger partial charge in [0.05, 0.1) is 0 Å². The smallest absolute Gasteiger partial charge is 0.261 e. The van der Waals surface area contributed by atoms with Gasteiger partial charge in [0.1, 0.15) is 11.9 Å². The van der Waals surface area contributed by atoms with E-state index in [4.69, 9.17) is 0 Å². The molecule has 2 atom stereocenters. The van der Waals surface area contributed by atoms with E-state index in [0.29, 0.717) is 18.7 Å². The molecule has 0 aliphatic heterocycles. The van der Waals surface area contributed by atoms with Crippen molar-refractivity contribution >= 4 is 17.3 Å². The maximum absolute atomic E-state index is 13.9. The van der Waals surface area contributed by atoms with Crippen LogP contribution in [0.1, 0.15) is 38.2 Å². The predicted molar refractivity (Wildman–Crippen MR) is 104 cm³/mol. The summed E-state index contributed by atoms with van der Waals surface area (Å²) in [5, 5.41) is 14.9. The van der Waals surface area contributed by atoms with Crippen LogP contribution < -0.4 is 10.6 Å². The fourth-order valence-electron chi connectivity index (χ4n) is 2.60. The van der Waals surface area contributed by atoms with Crippen molar-refractivity contribution in [2.45, 2.75) is 51.5 Å². The van der Waals surface area contributed by atoms with Crippen molar-refractivity contribution in [2.75, 3.05) is 10.6 Å². The number of rotatable bonds is 10. The molecule has 0 saturated carbocycles. The summed E-state index contributed by atoms with van der Waals surface area (Å²) in [7, 11) is 0. The van der Waals surface area contributed by atoms with Crippen LogP contribution in [-0.4, -0.2) is 23.4 Å². The number of carbonyl (C=O) groups excluding carboxylic acids is 1. The average Bonchev–Trinajstić information content (AvgIpc) is 2.68. The highest BCUT2D eigenvalue weighted by atomic mass is 19.2. The summed E-state index contributed by atoms with van der Waals surface area (Å²) < 4.78 is 27.7. The molecule has 146 valence electrons. The Kier molecular flexibility index (Phi) is 8.04. The maximum Gasteiger partial charge on any atom is 0.261 e. The highest BCUT2D eigenvalue weighted by Gasteiger charge is 2.27. The number of unbranched alkanes of at least 4 members (excludes halogenated alkanes) is 2. The Bertz CT molecular complexity index is 705. The van der Waals surface area contributed by atoms with Crippen LogP contribution in [0.2, 0.25) is 0 Å². The average molecular weight is 376 g/mol. The lowest BCUT2D eigenvalue weighted by Gasteiger charge is -2.14. The van der Waals surface area contributed by atoms with Crippen LogP contribution in [0.3, 0.4) is 0 Å². The van der Waals surface area contributed by atoms with E-state index >= 15 is 0 Å². The van der Waals surface area contributed by atoms with E-state index in [-0.39, 0.29) is 12.2 Å². The number of halogens is 2. The number of carbonyl (C=O) groups is 1. The Morgan fingerprint density at radius 1 is 1.00 bits per heavy atom. The predicted octanol–water partition coefficient (Wildman–Crippen LogP) is 5.20. The van der Waals surface area contributed by atoms with E-state index in [2.05, 4.69) is 10.6 Å². The lowest BCUT2D eigenvalue weighted by Crippen LogP contribution is -2.32. The second-order valence-electron chi connectivity index (χ2n) is 6.50. The summed E-state index contributed by atoms with van der Waals surface area (Å²) in [6.45, 7) is 2.55. The van der Waals surface area contributed by atoms with E-state index in [1.54, 1.807) is 36.4 Å². The van der Waals surface area contributed by atoms with Crippen molar-refractivity contribution in [3.8, 4) is 5.75 Å². The first-order valence-corrected chi connectivity index (χ1v) is 9.20. The number of aromatic hydroxyl groups is 1. The van der Waals surface area contributed by atoms with Gasteiger partial charge in [-0.1, -0.05) is 38.3 Å². The van der Waals surface area contributed by atoms with Crippen LogP contribution in [0.4, 0.5) is 20.2 Å². The first-order valence-electron chi connectivity index (χ1n) is 9.20. The Morgan fingerprint density at radius 2 is 1.63 bits per heavy atom. The summed E-state index contributed by atoms with van der Waals surface area (Å²) in [5.41, 5.74) is 2.24. The number of phenols is 1. The third kappa shape index (κ3) is 6.89. The van der Waals surface area contributed by atoms with Gasteiger partial charge in [0.25, 0.3) is 5.91 Å². The molecular formula is C21H26F2N2O2. The van der Waals surface area contributed by atoms with E-state index in [1.807, 2.05) is 19.1 Å². The lowest BCUT2D eigenvalue weighted by atomic mass is 10.1. The Balaban J connectivity index is 1.81. The largest absolute Gasteiger partial charge is 0.508 e. The molecule has 0 unspecified atom stereocenters. The number of anilines is 2. The normalized spacial score (nSPS) is 13.0. The first-order chi connectivity index (χ1) is 13.0. The van der Waals surface area contributed by atoms with Gasteiger partial charge < -0.3 is 15.7 Å². The van der Waals surface area contributed by atoms with E-state index < -0.39 is 18.3 Å². The summed E-state index contributed by atoms with van der Waals surface area (Å²) in [5.74, 6) is -0.741. The van der Waals surface area contributed by atoms with Gasteiger partial charge >= 0.3 is 0 Å². The third-order valence-electron chi connectivity index (χ3n) is 4.24. The van der Waals surface area contributed by atoms with Crippen molar-refractivity contribution in [3.63, 3.8) is 0 Å². The summed E-state index contributed by atoms with van der Waals surface area (Å²) in [4.78, 5) is 11.8. The molecule has 0 bridgehead atoms. The number of benzene rings is 2. The van der Waals surface area contributed by atoms with Gasteiger partial charge in [-0.25, -0.2) is 8.78 Å². The molecule has 0 radical (unpaired) electrons. The number of nitrogens with one attached hydrogen (secondary N) is 2. The quantitative estimate of drug-likeness (QED) is 0.500. The van der Waals surface area contributed by atoms with Gasteiger partial charge in [-0.05, 0) is 48.4 Å². The zero-order valence-electron chi connectivity index (χ0n) is 15.4. The summed E-state index contributed by atoms with van der Waals surface area (Å²) in [6.07, 6.45) is -1.55. The van der Waals surface area contributed by atoms with Crippen LogP contribution in [-0.2, 0) is 11.3 Å². The number of hydrogen-bond acceptors (Lipinski definition) is 3. The minimum Gasteiger partial charge on any atom is -0.508 e. The monoisotopic (exact) mass is 376 g/mol. The Hall–Kier alpha value is -2.63. The van der Waals surface area contributed by atoms with Crippen molar-refractivity contribution in [2.24, 2.45) is 0 Å². The number of phenolic OH excluding ortho intramolecular Hbond substituents is 1. The standard InChI is InChI=1S/C21H26F2N2O2/c1-2-3-4-5-19(22)20(23)21(27)25-17-10-8-16(9-11-17)24-14-15-6-12-18(26)13-7-15/h6-13,19-20,24,26H,2-5,14H2,1H3,(H,25,27)/t19-,20-/m0/s1. The number of hydrogen-bond donors (Lipinski definition) is 3. The maximum atomic E-state index is 13.9. The van der Waals surface area contributed by atoms with Crippen molar-refractivity contribution in [3.05, 3.63) is 54.1 Å². The molecule has 3 N–H and O–H groups in total. The van der Waals surface area contributed by atoms with Gasteiger partial charge in [0.15, 0.2) is 0 Å². The van der Waals surface area contributed by atoms with E-state index in [1.165, 1.54) is 0 Å². The molecule has 2 aromatic rings. The summed E-state index contributed by atoms with van der Waals surface area (Å²) in [6, 6.07) is 13.6. The highest BCUT2D eigenvalue weighted by Crippen LogP contribution is 2.18. The second kappa shape index (κ2) is 10.5. The second-order valence-corrected chi connectivity index (χ2v) is 6.50. The number of alkyl halides is 2. The Labute approximate surface area is 158 Å². The SMILES string of the molecule is CCCCC[C@H](F)[C@H](F)C(=O)Nc1ccc(NCc2ccc(O)cc2)cc1. The van der Waals surface area contributed by atoms with Gasteiger partial charge in [0.2, 0.25) is 6.17 Å². The van der Waals surface area contributed by atoms with Gasteiger partial charge in [-0.2, -0.15) is 0 Å². The van der Waals surface area contributed by atoms with Crippen LogP contribution in [0.15, 0.2) is 48.5 Å². The minimum atomic E-state index is -2.16. The van der Waals surface area contributed by atoms with Gasteiger partial charge in [-0.15, -0.1) is 0 Å². The molecule has 2 aromatic carbocycles. The van der Waals surface area contributed by atoms with E-state index in [9.17, 15) is 18.7 Å². The fraction of sp³-hybridized carbons (Fsp3) is 0.381. The molecule has 4 nitrogen and oxygen atoms in total. The Morgan fingerprint density at radius 3 is 2.26 bits per heavy atom. The van der Waals surface area contributed by atoms with Crippen molar-refractivity contribution in [1.29, 1.82) is 0 Å². The van der Waals surface area contributed by atoms with Crippen LogP contribution >= 0.6 is 0 Å². The lowest BCUT2D eigenvalue weighted by molar-refractivity contribution is -0.123. The van der Waals surface area contributed by atoms with Crippen LogP contribution in [0.5, 0.6) is 5.75 Å². The molecule has 0 aromatic heterocycles. The zero-order chi connectivity index (χ0) is 19.6. The molecule has 1 amide bonds. The first kappa shape index (κ1) is 20.7. The van der Waals surface area contributed by atoms with E-state index in [0.717, 1.165) is 24.1 Å². The zero-order valence-corrected chi connectivity index (χ0v) is 15.4. The third-order valence-corrected chi connectivity index (χ3v) is 4.24. The number of amides is 1. The fourth-order valence-corrected chi connectivity index (χ4v) is 2.60. The topological polar surface area (TPSA) is 61.4 Å². The van der Waals surface area contributed by atoms with Crippen LogP contribution in [0, 0.1) is 0 Å². The molecular weight excluding hydrogens is 350 g/mol. The molecule has 0 heterocycles. The van der Waals surface area contributed by atoms with Gasteiger partial charge in [0, 0.05) is 17.9 Å².